The molecule has 0 spiro atoms. The number of hydrogen-bond donors (Lipinski definition) is 1. The number of hydrogen-bond acceptors (Lipinski definition) is 4. The van der Waals surface area contributed by atoms with Gasteiger partial charge in [-0.1, -0.05) is 17.7 Å². The molecule has 3 aromatic rings. The number of piperazine rings is 1. The SMILES string of the molecule is NC(=O)c1ccc(Oc2cccc(C(=O)N3CCN(c4ccc(Cl)cc4)CC3)c2)cc1. The molecule has 0 aromatic heterocycles. The van der Waals surface area contributed by atoms with Crippen molar-refractivity contribution >= 4 is 29.1 Å². The van der Waals surface area contributed by atoms with Crippen LogP contribution in [0, 0.1) is 0 Å². The molecular formula is C24H22ClN3O3. The summed E-state index contributed by atoms with van der Waals surface area (Å²) in [6, 6.07) is 21.4. The van der Waals surface area contributed by atoms with E-state index in [2.05, 4.69) is 4.90 Å². The molecule has 31 heavy (non-hydrogen) atoms. The molecule has 0 unspecified atom stereocenters. The fraction of sp³-hybridized carbons (Fsp3) is 0.167. The molecule has 2 N–H and O–H groups in total. The van der Waals surface area contributed by atoms with Gasteiger partial charge < -0.3 is 20.3 Å². The van der Waals surface area contributed by atoms with Gasteiger partial charge in [0.15, 0.2) is 0 Å². The first-order valence-corrected chi connectivity index (χ1v) is 10.3. The number of halogens is 1. The summed E-state index contributed by atoms with van der Waals surface area (Å²) in [4.78, 5) is 28.3. The Hall–Kier alpha value is -3.51. The number of benzene rings is 3. The van der Waals surface area contributed by atoms with E-state index in [0.29, 0.717) is 40.7 Å². The number of anilines is 1. The number of nitrogens with zero attached hydrogens (tertiary/aromatic N) is 2. The molecule has 1 aliphatic rings. The molecule has 7 heteroatoms. The van der Waals surface area contributed by atoms with Crippen LogP contribution in [-0.2, 0) is 0 Å². The molecule has 3 aromatic carbocycles. The predicted molar refractivity (Wildman–Crippen MR) is 121 cm³/mol. The van der Waals surface area contributed by atoms with Gasteiger partial charge in [0, 0.05) is 48.0 Å². The van der Waals surface area contributed by atoms with E-state index in [4.69, 9.17) is 22.1 Å². The van der Waals surface area contributed by atoms with Crippen LogP contribution in [0.3, 0.4) is 0 Å². The van der Waals surface area contributed by atoms with Crippen molar-refractivity contribution in [3.63, 3.8) is 0 Å². The van der Waals surface area contributed by atoms with Crippen LogP contribution in [0.2, 0.25) is 5.02 Å². The van der Waals surface area contributed by atoms with Crippen LogP contribution in [0.15, 0.2) is 72.8 Å². The van der Waals surface area contributed by atoms with Gasteiger partial charge in [-0.25, -0.2) is 0 Å². The average molecular weight is 436 g/mol. The number of ether oxygens (including phenoxy) is 1. The van der Waals surface area contributed by atoms with Gasteiger partial charge in [0.25, 0.3) is 5.91 Å². The van der Waals surface area contributed by atoms with Crippen molar-refractivity contribution in [3.8, 4) is 11.5 Å². The van der Waals surface area contributed by atoms with E-state index in [1.165, 1.54) is 0 Å². The van der Waals surface area contributed by atoms with Crippen LogP contribution in [0.4, 0.5) is 5.69 Å². The maximum atomic E-state index is 13.0. The number of carbonyl (C=O) groups is 2. The second-order valence-corrected chi connectivity index (χ2v) is 7.71. The van der Waals surface area contributed by atoms with E-state index < -0.39 is 5.91 Å². The van der Waals surface area contributed by atoms with Crippen LogP contribution < -0.4 is 15.4 Å². The number of rotatable bonds is 5. The van der Waals surface area contributed by atoms with Crippen molar-refractivity contribution in [1.29, 1.82) is 0 Å². The first-order valence-electron chi connectivity index (χ1n) is 9.97. The third-order valence-electron chi connectivity index (χ3n) is 5.21. The molecule has 1 heterocycles. The van der Waals surface area contributed by atoms with Crippen molar-refractivity contribution in [3.05, 3.63) is 88.9 Å². The topological polar surface area (TPSA) is 75.9 Å². The normalized spacial score (nSPS) is 13.7. The lowest BCUT2D eigenvalue weighted by Crippen LogP contribution is -2.48. The van der Waals surface area contributed by atoms with Gasteiger partial charge in [0.2, 0.25) is 5.91 Å². The van der Waals surface area contributed by atoms with E-state index >= 15 is 0 Å². The van der Waals surface area contributed by atoms with Gasteiger partial charge in [-0.3, -0.25) is 9.59 Å². The van der Waals surface area contributed by atoms with Crippen LogP contribution in [0.25, 0.3) is 0 Å². The predicted octanol–water partition coefficient (Wildman–Crippen LogP) is 4.19. The lowest BCUT2D eigenvalue weighted by Gasteiger charge is -2.36. The van der Waals surface area contributed by atoms with Crippen LogP contribution in [0.1, 0.15) is 20.7 Å². The Labute approximate surface area is 185 Å². The van der Waals surface area contributed by atoms with Crippen molar-refractivity contribution in [2.75, 3.05) is 31.1 Å². The zero-order chi connectivity index (χ0) is 21.8. The summed E-state index contributed by atoms with van der Waals surface area (Å²) in [5.74, 6) is 0.601. The molecule has 158 valence electrons. The minimum Gasteiger partial charge on any atom is -0.457 e. The average Bonchev–Trinajstić information content (AvgIpc) is 2.80. The highest BCUT2D eigenvalue weighted by Gasteiger charge is 2.22. The van der Waals surface area contributed by atoms with E-state index in [9.17, 15) is 9.59 Å². The minimum absolute atomic E-state index is 0.0229. The van der Waals surface area contributed by atoms with Gasteiger partial charge in [-0.05, 0) is 66.7 Å². The summed E-state index contributed by atoms with van der Waals surface area (Å²) in [5, 5.41) is 0.712. The first-order chi connectivity index (χ1) is 15.0. The molecule has 0 radical (unpaired) electrons. The number of primary amides is 1. The summed E-state index contributed by atoms with van der Waals surface area (Å²) >= 11 is 5.97. The summed E-state index contributed by atoms with van der Waals surface area (Å²) in [7, 11) is 0. The standard InChI is InChI=1S/C24H22ClN3O3/c25-19-6-8-20(9-7-19)27-12-14-28(15-13-27)24(30)18-2-1-3-22(16-18)31-21-10-4-17(5-11-21)23(26)29/h1-11,16H,12-15H2,(H2,26,29). The maximum Gasteiger partial charge on any atom is 0.254 e. The minimum atomic E-state index is -0.490. The number of amides is 2. The van der Waals surface area contributed by atoms with E-state index in [1.807, 2.05) is 29.2 Å². The Morgan fingerprint density at radius 3 is 2.13 bits per heavy atom. The first kappa shape index (κ1) is 20.8. The second kappa shape index (κ2) is 9.10. The Morgan fingerprint density at radius 1 is 0.806 bits per heavy atom. The fourth-order valence-electron chi connectivity index (χ4n) is 3.52. The van der Waals surface area contributed by atoms with Crippen LogP contribution >= 0.6 is 11.6 Å². The Bertz CT molecular complexity index is 1080. The highest BCUT2D eigenvalue weighted by Crippen LogP contribution is 2.24. The van der Waals surface area contributed by atoms with Crippen LogP contribution in [0.5, 0.6) is 11.5 Å². The summed E-state index contributed by atoms with van der Waals surface area (Å²) in [6.07, 6.45) is 0. The highest BCUT2D eigenvalue weighted by atomic mass is 35.5. The zero-order valence-corrected chi connectivity index (χ0v) is 17.6. The zero-order valence-electron chi connectivity index (χ0n) is 16.8. The molecule has 2 amide bonds. The van der Waals surface area contributed by atoms with Crippen molar-refractivity contribution in [2.24, 2.45) is 5.73 Å². The van der Waals surface area contributed by atoms with Crippen molar-refractivity contribution in [2.45, 2.75) is 0 Å². The molecular weight excluding hydrogens is 414 g/mol. The molecule has 1 fully saturated rings. The summed E-state index contributed by atoms with van der Waals surface area (Å²) in [6.45, 7) is 2.80. The third kappa shape index (κ3) is 4.98. The van der Waals surface area contributed by atoms with E-state index in [0.717, 1.165) is 18.8 Å². The van der Waals surface area contributed by atoms with E-state index in [1.54, 1.807) is 48.5 Å². The molecule has 1 aliphatic heterocycles. The monoisotopic (exact) mass is 435 g/mol. The molecule has 1 saturated heterocycles. The molecule has 4 rings (SSSR count). The van der Waals surface area contributed by atoms with E-state index in [-0.39, 0.29) is 5.91 Å². The fourth-order valence-corrected chi connectivity index (χ4v) is 3.64. The molecule has 0 aliphatic carbocycles. The van der Waals surface area contributed by atoms with Gasteiger partial charge in [-0.15, -0.1) is 0 Å². The lowest BCUT2D eigenvalue weighted by atomic mass is 10.1. The highest BCUT2D eigenvalue weighted by molar-refractivity contribution is 6.30. The van der Waals surface area contributed by atoms with Gasteiger partial charge >= 0.3 is 0 Å². The summed E-state index contributed by atoms with van der Waals surface area (Å²) in [5.41, 5.74) is 7.35. The maximum absolute atomic E-state index is 13.0. The molecule has 0 bridgehead atoms. The summed E-state index contributed by atoms with van der Waals surface area (Å²) < 4.78 is 5.83. The quantitative estimate of drug-likeness (QED) is 0.651. The number of carbonyl (C=O) groups excluding carboxylic acids is 2. The lowest BCUT2D eigenvalue weighted by molar-refractivity contribution is 0.0746. The smallest absolute Gasteiger partial charge is 0.254 e. The largest absolute Gasteiger partial charge is 0.457 e. The molecule has 0 atom stereocenters. The van der Waals surface area contributed by atoms with Gasteiger partial charge in [-0.2, -0.15) is 0 Å². The molecule has 6 nitrogen and oxygen atoms in total. The molecule has 0 saturated carbocycles. The Kier molecular flexibility index (Phi) is 6.09. The Balaban J connectivity index is 1.39. The van der Waals surface area contributed by atoms with Gasteiger partial charge in [0.1, 0.15) is 11.5 Å². The Morgan fingerprint density at radius 2 is 1.48 bits per heavy atom. The third-order valence-corrected chi connectivity index (χ3v) is 5.47. The number of nitrogens with two attached hydrogens (primary N) is 1. The van der Waals surface area contributed by atoms with Crippen LogP contribution in [-0.4, -0.2) is 42.9 Å². The van der Waals surface area contributed by atoms with Crippen molar-refractivity contribution < 1.29 is 14.3 Å². The second-order valence-electron chi connectivity index (χ2n) is 7.27. The van der Waals surface area contributed by atoms with Gasteiger partial charge in [0.05, 0.1) is 0 Å². The van der Waals surface area contributed by atoms with Crippen molar-refractivity contribution in [1.82, 2.24) is 4.90 Å².